The molecule has 1 aromatic carbocycles. The molecule has 0 bridgehead atoms. The van der Waals surface area contributed by atoms with Gasteiger partial charge in [-0.1, -0.05) is 12.1 Å². The number of morpholine rings is 1. The molecule has 1 aliphatic rings. The van der Waals surface area contributed by atoms with E-state index in [2.05, 4.69) is 0 Å². The summed E-state index contributed by atoms with van der Waals surface area (Å²) < 4.78 is 32.1. The van der Waals surface area contributed by atoms with E-state index in [1.165, 1.54) is 28.6 Å². The summed E-state index contributed by atoms with van der Waals surface area (Å²) in [6.07, 6.45) is 0. The molecular formula is C13H17NO5S. The summed E-state index contributed by atoms with van der Waals surface area (Å²) in [7, 11) is -3.87. The molecule has 2 rings (SSSR count). The van der Waals surface area contributed by atoms with Crippen molar-refractivity contribution in [1.82, 2.24) is 4.31 Å². The fraction of sp³-hybridized carbons (Fsp3) is 0.462. The van der Waals surface area contributed by atoms with Gasteiger partial charge in [0, 0.05) is 6.54 Å². The Morgan fingerprint density at radius 2 is 2.00 bits per heavy atom. The van der Waals surface area contributed by atoms with Crippen LogP contribution in [0.15, 0.2) is 29.2 Å². The van der Waals surface area contributed by atoms with E-state index in [0.29, 0.717) is 6.61 Å². The molecule has 0 unspecified atom stereocenters. The van der Waals surface area contributed by atoms with E-state index < -0.39 is 21.5 Å². The molecule has 1 aliphatic heterocycles. The average molecular weight is 299 g/mol. The van der Waals surface area contributed by atoms with E-state index in [-0.39, 0.29) is 23.6 Å². The first-order valence-electron chi connectivity index (χ1n) is 6.20. The summed E-state index contributed by atoms with van der Waals surface area (Å²) in [4.78, 5) is 11.0. The van der Waals surface area contributed by atoms with Crippen molar-refractivity contribution in [1.29, 1.82) is 0 Å². The lowest BCUT2D eigenvalue weighted by molar-refractivity contribution is -0.00774. The fourth-order valence-electron chi connectivity index (χ4n) is 2.28. The molecule has 1 aromatic rings. The Morgan fingerprint density at radius 1 is 1.35 bits per heavy atom. The normalized spacial score (nSPS) is 19.7. The third-order valence-corrected chi connectivity index (χ3v) is 5.42. The second kappa shape index (κ2) is 5.16. The van der Waals surface area contributed by atoms with E-state index in [4.69, 9.17) is 9.84 Å². The van der Waals surface area contributed by atoms with Crippen LogP contribution >= 0.6 is 0 Å². The third-order valence-electron chi connectivity index (χ3n) is 3.25. The molecule has 1 heterocycles. The quantitative estimate of drug-likeness (QED) is 0.906. The monoisotopic (exact) mass is 299 g/mol. The molecule has 7 heteroatoms. The Morgan fingerprint density at radius 3 is 2.60 bits per heavy atom. The summed E-state index contributed by atoms with van der Waals surface area (Å²) >= 11 is 0. The predicted molar refractivity (Wildman–Crippen MR) is 72.2 cm³/mol. The highest BCUT2D eigenvalue weighted by Crippen LogP contribution is 2.29. The molecule has 20 heavy (non-hydrogen) atoms. The number of rotatable bonds is 3. The minimum Gasteiger partial charge on any atom is -0.478 e. The lowest BCUT2D eigenvalue weighted by Crippen LogP contribution is -2.55. The van der Waals surface area contributed by atoms with Crippen molar-refractivity contribution >= 4 is 16.0 Å². The van der Waals surface area contributed by atoms with Crippen molar-refractivity contribution in [3.63, 3.8) is 0 Å². The zero-order chi connectivity index (χ0) is 15.0. The number of hydrogen-bond acceptors (Lipinski definition) is 4. The zero-order valence-corrected chi connectivity index (χ0v) is 12.2. The first-order valence-corrected chi connectivity index (χ1v) is 7.64. The van der Waals surface area contributed by atoms with Crippen molar-refractivity contribution in [3.8, 4) is 0 Å². The number of aromatic carboxylic acids is 1. The topological polar surface area (TPSA) is 83.9 Å². The van der Waals surface area contributed by atoms with Gasteiger partial charge in [0.15, 0.2) is 0 Å². The van der Waals surface area contributed by atoms with Gasteiger partial charge in [0.2, 0.25) is 10.0 Å². The molecule has 0 amide bonds. The maximum atomic E-state index is 12.7. The number of carboxylic acids is 1. The second-order valence-electron chi connectivity index (χ2n) is 5.24. The first kappa shape index (κ1) is 15.0. The highest BCUT2D eigenvalue weighted by atomic mass is 32.2. The molecule has 0 aromatic heterocycles. The molecule has 0 atom stereocenters. The lowest BCUT2D eigenvalue weighted by Gasteiger charge is -2.40. The van der Waals surface area contributed by atoms with Gasteiger partial charge < -0.3 is 9.84 Å². The van der Waals surface area contributed by atoms with Gasteiger partial charge in [-0.15, -0.1) is 0 Å². The molecule has 0 saturated carbocycles. The molecule has 110 valence electrons. The van der Waals surface area contributed by atoms with Crippen molar-refractivity contribution in [2.75, 3.05) is 19.8 Å². The van der Waals surface area contributed by atoms with Crippen LogP contribution in [0.5, 0.6) is 0 Å². The SMILES string of the molecule is CC1(C)COCCN1S(=O)(=O)c1ccccc1C(=O)O. The van der Waals surface area contributed by atoms with Crippen molar-refractivity contribution in [2.24, 2.45) is 0 Å². The van der Waals surface area contributed by atoms with Crippen LogP contribution in [0.4, 0.5) is 0 Å². The van der Waals surface area contributed by atoms with Crippen LogP contribution in [0.1, 0.15) is 24.2 Å². The summed E-state index contributed by atoms with van der Waals surface area (Å²) in [5, 5.41) is 9.15. The average Bonchev–Trinajstić information content (AvgIpc) is 2.37. The van der Waals surface area contributed by atoms with Gasteiger partial charge in [-0.2, -0.15) is 4.31 Å². The van der Waals surface area contributed by atoms with Crippen LogP contribution in [-0.4, -0.2) is 49.1 Å². The van der Waals surface area contributed by atoms with Gasteiger partial charge in [0.1, 0.15) is 0 Å². The minimum atomic E-state index is -3.87. The summed E-state index contributed by atoms with van der Waals surface area (Å²) in [6.45, 7) is 4.31. The highest BCUT2D eigenvalue weighted by Gasteiger charge is 2.41. The Labute approximate surface area is 118 Å². The van der Waals surface area contributed by atoms with Crippen LogP contribution in [-0.2, 0) is 14.8 Å². The number of nitrogens with zero attached hydrogens (tertiary/aromatic N) is 1. The summed E-state index contributed by atoms with van der Waals surface area (Å²) in [5.41, 5.74) is -0.919. The number of ether oxygens (including phenoxy) is 1. The minimum absolute atomic E-state index is 0.178. The van der Waals surface area contributed by atoms with Crippen molar-refractivity contribution in [3.05, 3.63) is 29.8 Å². The van der Waals surface area contributed by atoms with E-state index in [0.717, 1.165) is 0 Å². The summed E-state index contributed by atoms with van der Waals surface area (Å²) in [5.74, 6) is -1.25. The Hall–Kier alpha value is -1.44. The predicted octanol–water partition coefficient (Wildman–Crippen LogP) is 1.18. The number of hydrogen-bond donors (Lipinski definition) is 1. The van der Waals surface area contributed by atoms with Crippen LogP contribution in [0, 0.1) is 0 Å². The van der Waals surface area contributed by atoms with Gasteiger partial charge in [0.05, 0.1) is 29.2 Å². The molecule has 1 saturated heterocycles. The molecule has 0 radical (unpaired) electrons. The largest absolute Gasteiger partial charge is 0.478 e. The van der Waals surface area contributed by atoms with Gasteiger partial charge >= 0.3 is 5.97 Å². The van der Waals surface area contributed by atoms with Crippen molar-refractivity contribution < 1.29 is 23.1 Å². The highest BCUT2D eigenvalue weighted by molar-refractivity contribution is 7.89. The lowest BCUT2D eigenvalue weighted by atomic mass is 10.1. The van der Waals surface area contributed by atoms with E-state index in [1.807, 2.05) is 0 Å². The Kier molecular flexibility index (Phi) is 3.86. The summed E-state index contributed by atoms with van der Waals surface area (Å²) in [6, 6.07) is 5.65. The fourth-order valence-corrected chi connectivity index (χ4v) is 4.22. The van der Waals surface area contributed by atoms with Crippen LogP contribution < -0.4 is 0 Å². The van der Waals surface area contributed by atoms with Gasteiger partial charge in [-0.3, -0.25) is 0 Å². The molecule has 1 N–H and O–H groups in total. The van der Waals surface area contributed by atoms with E-state index in [1.54, 1.807) is 13.8 Å². The van der Waals surface area contributed by atoms with Crippen LogP contribution in [0.3, 0.4) is 0 Å². The smallest absolute Gasteiger partial charge is 0.337 e. The molecule has 0 spiro atoms. The Bertz CT molecular complexity index is 623. The van der Waals surface area contributed by atoms with Gasteiger partial charge in [0.25, 0.3) is 0 Å². The maximum Gasteiger partial charge on any atom is 0.337 e. The second-order valence-corrected chi connectivity index (χ2v) is 7.07. The molecule has 0 aliphatic carbocycles. The zero-order valence-electron chi connectivity index (χ0n) is 11.4. The molecular weight excluding hydrogens is 282 g/mol. The van der Waals surface area contributed by atoms with Gasteiger partial charge in [-0.25, -0.2) is 13.2 Å². The van der Waals surface area contributed by atoms with Crippen LogP contribution in [0.25, 0.3) is 0 Å². The van der Waals surface area contributed by atoms with Crippen molar-refractivity contribution in [2.45, 2.75) is 24.3 Å². The van der Waals surface area contributed by atoms with E-state index >= 15 is 0 Å². The molecule has 1 fully saturated rings. The van der Waals surface area contributed by atoms with Crippen LogP contribution in [0.2, 0.25) is 0 Å². The Balaban J connectivity index is 2.53. The first-order chi connectivity index (χ1) is 9.27. The number of carbonyl (C=O) groups is 1. The van der Waals surface area contributed by atoms with E-state index in [9.17, 15) is 13.2 Å². The van der Waals surface area contributed by atoms with Gasteiger partial charge in [-0.05, 0) is 26.0 Å². The molecule has 6 nitrogen and oxygen atoms in total. The number of carboxylic acid groups (broad SMARTS) is 1. The number of benzene rings is 1. The maximum absolute atomic E-state index is 12.7. The third kappa shape index (κ3) is 2.56. The number of sulfonamides is 1. The standard InChI is InChI=1S/C13H17NO5S/c1-13(2)9-19-8-7-14(13)20(17,18)11-6-4-3-5-10(11)12(15)16/h3-6H,7-9H2,1-2H3,(H,15,16).